The van der Waals surface area contributed by atoms with E-state index in [0.29, 0.717) is 6.04 Å². The molecule has 0 saturated heterocycles. The SMILES string of the molecule is Cc1ccccc1N1C(C)c2sc3ccccc3c2C12CCCC2. The summed E-state index contributed by atoms with van der Waals surface area (Å²) in [6.07, 6.45) is 5.27. The van der Waals surface area contributed by atoms with E-state index < -0.39 is 0 Å². The molecule has 5 rings (SSSR count). The van der Waals surface area contributed by atoms with E-state index in [0.717, 1.165) is 0 Å². The first kappa shape index (κ1) is 14.5. The number of hydrogen-bond donors (Lipinski definition) is 0. The van der Waals surface area contributed by atoms with Crippen LogP contribution in [0.3, 0.4) is 0 Å². The van der Waals surface area contributed by atoms with Crippen molar-refractivity contribution in [2.24, 2.45) is 0 Å². The number of aryl methyl sites for hydroxylation is 1. The second-order valence-corrected chi connectivity index (χ2v) is 8.49. The van der Waals surface area contributed by atoms with E-state index in [1.54, 1.807) is 10.4 Å². The molecule has 1 aromatic heterocycles. The van der Waals surface area contributed by atoms with Crippen molar-refractivity contribution >= 4 is 27.1 Å². The highest BCUT2D eigenvalue weighted by Crippen LogP contribution is 2.60. The van der Waals surface area contributed by atoms with Gasteiger partial charge in [-0.05, 0) is 49.8 Å². The van der Waals surface area contributed by atoms with Crippen molar-refractivity contribution in [3.05, 3.63) is 64.5 Å². The van der Waals surface area contributed by atoms with Gasteiger partial charge in [0, 0.05) is 20.8 Å². The van der Waals surface area contributed by atoms with E-state index >= 15 is 0 Å². The van der Waals surface area contributed by atoms with Gasteiger partial charge in [-0.1, -0.05) is 49.2 Å². The molecule has 1 fully saturated rings. The number of fused-ring (bicyclic) bond motifs is 4. The summed E-state index contributed by atoms with van der Waals surface area (Å²) in [4.78, 5) is 4.37. The molecule has 1 aliphatic heterocycles. The lowest BCUT2D eigenvalue weighted by Gasteiger charge is -2.41. The van der Waals surface area contributed by atoms with Crippen LogP contribution in [0.25, 0.3) is 10.1 Å². The van der Waals surface area contributed by atoms with Crippen LogP contribution in [0.15, 0.2) is 48.5 Å². The largest absolute Gasteiger partial charge is 0.354 e. The van der Waals surface area contributed by atoms with E-state index in [1.807, 2.05) is 11.3 Å². The predicted octanol–water partition coefficient (Wildman–Crippen LogP) is 6.56. The van der Waals surface area contributed by atoms with Crippen LogP contribution in [-0.4, -0.2) is 0 Å². The normalized spacial score (nSPS) is 21.8. The van der Waals surface area contributed by atoms with Crippen molar-refractivity contribution in [1.82, 2.24) is 0 Å². The Labute approximate surface area is 147 Å². The van der Waals surface area contributed by atoms with Crippen molar-refractivity contribution in [2.75, 3.05) is 4.90 Å². The molecule has 1 nitrogen and oxygen atoms in total. The number of thiophene rings is 1. The molecule has 1 saturated carbocycles. The summed E-state index contributed by atoms with van der Waals surface area (Å²) in [5.41, 5.74) is 4.69. The van der Waals surface area contributed by atoms with Crippen LogP contribution in [-0.2, 0) is 5.54 Å². The highest BCUT2D eigenvalue weighted by atomic mass is 32.1. The van der Waals surface area contributed by atoms with Gasteiger partial charge in [-0.25, -0.2) is 0 Å². The minimum Gasteiger partial charge on any atom is -0.354 e. The fraction of sp³-hybridized carbons (Fsp3) is 0.364. The summed E-state index contributed by atoms with van der Waals surface area (Å²) in [5, 5.41) is 1.50. The Balaban J connectivity index is 1.80. The van der Waals surface area contributed by atoms with Gasteiger partial charge in [0.1, 0.15) is 0 Å². The van der Waals surface area contributed by atoms with Gasteiger partial charge in [-0.15, -0.1) is 11.3 Å². The first-order valence-electron chi connectivity index (χ1n) is 9.09. The van der Waals surface area contributed by atoms with Crippen LogP contribution in [0.5, 0.6) is 0 Å². The van der Waals surface area contributed by atoms with Crippen LogP contribution >= 0.6 is 11.3 Å². The molecule has 3 aromatic rings. The molecule has 2 heteroatoms. The van der Waals surface area contributed by atoms with Crippen LogP contribution < -0.4 is 4.90 Å². The third-order valence-electron chi connectivity index (χ3n) is 6.12. The molecule has 0 bridgehead atoms. The van der Waals surface area contributed by atoms with E-state index in [-0.39, 0.29) is 5.54 Å². The Morgan fingerprint density at radius 2 is 1.71 bits per heavy atom. The molecule has 1 aliphatic carbocycles. The molecule has 2 aliphatic rings. The fourth-order valence-corrected chi connectivity index (χ4v) is 6.51. The molecule has 122 valence electrons. The number of para-hydroxylation sites is 1. The molecular formula is C22H23NS. The molecular weight excluding hydrogens is 310 g/mol. The number of anilines is 1. The van der Waals surface area contributed by atoms with Crippen molar-refractivity contribution in [2.45, 2.75) is 51.1 Å². The summed E-state index contributed by atoms with van der Waals surface area (Å²) < 4.78 is 1.46. The molecule has 1 atom stereocenters. The maximum absolute atomic E-state index is 2.77. The van der Waals surface area contributed by atoms with Gasteiger partial charge in [-0.2, -0.15) is 0 Å². The second-order valence-electron chi connectivity index (χ2n) is 7.41. The molecule has 0 radical (unpaired) electrons. The minimum absolute atomic E-state index is 0.209. The van der Waals surface area contributed by atoms with E-state index in [2.05, 4.69) is 67.3 Å². The Morgan fingerprint density at radius 3 is 2.50 bits per heavy atom. The lowest BCUT2D eigenvalue weighted by Crippen LogP contribution is -2.40. The zero-order valence-corrected chi connectivity index (χ0v) is 15.2. The van der Waals surface area contributed by atoms with Crippen LogP contribution in [0.2, 0.25) is 0 Å². The van der Waals surface area contributed by atoms with Crippen molar-refractivity contribution in [1.29, 1.82) is 0 Å². The molecule has 0 amide bonds. The van der Waals surface area contributed by atoms with E-state index in [9.17, 15) is 0 Å². The second kappa shape index (κ2) is 5.10. The Bertz CT molecular complexity index is 917. The number of rotatable bonds is 1. The zero-order valence-electron chi connectivity index (χ0n) is 14.4. The molecule has 2 aromatic carbocycles. The standard InChI is InChI=1S/C22H23NS/c1-15-9-3-5-11-18(15)23-16(2)21-20(22(23)13-7-8-14-22)17-10-4-6-12-19(17)24-21/h3-6,9-12,16H,7-8,13-14H2,1-2H3. The van der Waals surface area contributed by atoms with Gasteiger partial charge < -0.3 is 4.90 Å². The van der Waals surface area contributed by atoms with Gasteiger partial charge >= 0.3 is 0 Å². The number of nitrogens with zero attached hydrogens (tertiary/aromatic N) is 1. The van der Waals surface area contributed by atoms with Gasteiger partial charge in [0.15, 0.2) is 0 Å². The van der Waals surface area contributed by atoms with Gasteiger partial charge in [-0.3, -0.25) is 0 Å². The molecule has 1 spiro atoms. The summed E-state index contributed by atoms with van der Waals surface area (Å²) in [5.74, 6) is 0. The fourth-order valence-electron chi connectivity index (χ4n) is 5.17. The lowest BCUT2D eigenvalue weighted by atomic mass is 9.87. The van der Waals surface area contributed by atoms with Gasteiger partial charge in [0.05, 0.1) is 11.6 Å². The molecule has 1 unspecified atom stereocenters. The van der Waals surface area contributed by atoms with Gasteiger partial charge in [0.2, 0.25) is 0 Å². The van der Waals surface area contributed by atoms with Crippen molar-refractivity contribution < 1.29 is 0 Å². The number of hydrogen-bond acceptors (Lipinski definition) is 2. The molecule has 24 heavy (non-hydrogen) atoms. The third kappa shape index (κ3) is 1.75. The average Bonchev–Trinajstić information content (AvgIpc) is 3.26. The lowest BCUT2D eigenvalue weighted by molar-refractivity contribution is 0.418. The Morgan fingerprint density at radius 1 is 1.00 bits per heavy atom. The Kier molecular flexibility index (Phi) is 3.09. The molecule has 2 heterocycles. The smallest absolute Gasteiger partial charge is 0.0678 e. The van der Waals surface area contributed by atoms with Crippen LogP contribution in [0.4, 0.5) is 5.69 Å². The van der Waals surface area contributed by atoms with Gasteiger partial charge in [0.25, 0.3) is 0 Å². The highest BCUT2D eigenvalue weighted by molar-refractivity contribution is 7.19. The van der Waals surface area contributed by atoms with Crippen LogP contribution in [0, 0.1) is 6.92 Å². The highest BCUT2D eigenvalue weighted by Gasteiger charge is 2.52. The van der Waals surface area contributed by atoms with Crippen LogP contribution in [0.1, 0.15) is 54.7 Å². The summed E-state index contributed by atoms with van der Waals surface area (Å²) in [6, 6.07) is 18.4. The predicted molar refractivity (Wildman–Crippen MR) is 104 cm³/mol. The Hall–Kier alpha value is -1.80. The number of benzene rings is 2. The van der Waals surface area contributed by atoms with Crippen molar-refractivity contribution in [3.8, 4) is 0 Å². The first-order valence-corrected chi connectivity index (χ1v) is 9.91. The summed E-state index contributed by atoms with van der Waals surface area (Å²) >= 11 is 2.02. The maximum atomic E-state index is 2.77. The van der Waals surface area contributed by atoms with E-state index in [1.165, 1.54) is 47.0 Å². The quantitative estimate of drug-likeness (QED) is 0.487. The first-order chi connectivity index (χ1) is 11.7. The zero-order chi connectivity index (χ0) is 16.3. The van der Waals surface area contributed by atoms with Crippen molar-refractivity contribution in [3.63, 3.8) is 0 Å². The maximum Gasteiger partial charge on any atom is 0.0678 e. The van der Waals surface area contributed by atoms with E-state index in [4.69, 9.17) is 0 Å². The average molecular weight is 334 g/mol. The third-order valence-corrected chi connectivity index (χ3v) is 7.46. The summed E-state index contributed by atoms with van der Waals surface area (Å²) in [6.45, 7) is 4.67. The topological polar surface area (TPSA) is 3.24 Å². The summed E-state index contributed by atoms with van der Waals surface area (Å²) in [7, 11) is 0. The molecule has 0 N–H and O–H groups in total. The minimum atomic E-state index is 0.209. The monoisotopic (exact) mass is 333 g/mol.